The largest absolute Gasteiger partial charge is 0.363 e. The molecule has 3 rings (SSSR count). The predicted molar refractivity (Wildman–Crippen MR) is 104 cm³/mol. The molecule has 0 radical (unpaired) electrons. The van der Waals surface area contributed by atoms with Gasteiger partial charge in [0.15, 0.2) is 0 Å². The first-order chi connectivity index (χ1) is 13.5. The highest BCUT2D eigenvalue weighted by Gasteiger charge is 2.38. The molecule has 0 atom stereocenters. The molecule has 0 saturated carbocycles. The highest BCUT2D eigenvalue weighted by Crippen LogP contribution is 2.23. The van der Waals surface area contributed by atoms with E-state index in [0.29, 0.717) is 10.6 Å². The van der Waals surface area contributed by atoms with Crippen molar-refractivity contribution in [2.45, 2.75) is 32.1 Å². The number of benzene rings is 2. The lowest BCUT2D eigenvalue weighted by Crippen LogP contribution is -2.41. The van der Waals surface area contributed by atoms with E-state index in [9.17, 15) is 22.8 Å². The summed E-state index contributed by atoms with van der Waals surface area (Å²) in [6, 6.07) is 12.0. The third-order valence-corrected chi connectivity index (χ3v) is 5.55. The second-order valence-electron chi connectivity index (χ2n) is 7.64. The summed E-state index contributed by atoms with van der Waals surface area (Å²) < 4.78 is 27.1. The Morgan fingerprint density at radius 2 is 1.59 bits per heavy atom. The Morgan fingerprint density at radius 3 is 2.14 bits per heavy atom. The Labute approximate surface area is 168 Å². The minimum atomic E-state index is -3.63. The van der Waals surface area contributed by atoms with Crippen molar-refractivity contribution in [3.05, 3.63) is 70.8 Å². The maximum absolute atomic E-state index is 12.5. The molecule has 1 aliphatic heterocycles. The molecule has 0 aliphatic carbocycles. The molecule has 0 bridgehead atoms. The monoisotopic (exact) mass is 416 g/mol. The number of fused-ring (bicyclic) bond motifs is 1. The number of rotatable bonds is 5. The third kappa shape index (κ3) is 4.69. The molecule has 1 aliphatic rings. The molecule has 0 saturated heterocycles. The van der Waals surface area contributed by atoms with Gasteiger partial charge in [0.25, 0.3) is 11.8 Å². The van der Waals surface area contributed by atoms with Crippen LogP contribution in [0.15, 0.2) is 48.5 Å². The average molecular weight is 416 g/mol. The molecule has 0 unspecified atom stereocenters. The molecule has 0 aromatic heterocycles. The molecule has 2 amide bonds. The SMILES string of the molecule is CC(C)(C)NS(=O)(=O)Cc1cccc(C(=O)ON2C(=O)c3ccccc3C2=O)c1. The van der Waals surface area contributed by atoms with E-state index in [-0.39, 0.29) is 22.4 Å². The van der Waals surface area contributed by atoms with E-state index in [0.717, 1.165) is 0 Å². The minimum absolute atomic E-state index is 0.0185. The van der Waals surface area contributed by atoms with Crippen molar-refractivity contribution >= 4 is 27.8 Å². The van der Waals surface area contributed by atoms with Gasteiger partial charge in [0.1, 0.15) is 0 Å². The Hall–Kier alpha value is -3.04. The van der Waals surface area contributed by atoms with Crippen LogP contribution < -0.4 is 4.72 Å². The number of carbonyl (C=O) groups is 3. The fourth-order valence-electron chi connectivity index (χ4n) is 2.90. The number of carbonyl (C=O) groups excluding carboxylic acids is 3. The van der Waals surface area contributed by atoms with Crippen LogP contribution in [0.25, 0.3) is 0 Å². The summed E-state index contributed by atoms with van der Waals surface area (Å²) in [6.45, 7) is 5.17. The molecular weight excluding hydrogens is 396 g/mol. The first kappa shape index (κ1) is 20.7. The quantitative estimate of drug-likeness (QED) is 0.749. The van der Waals surface area contributed by atoms with Crippen LogP contribution in [0.1, 0.15) is 57.4 Å². The van der Waals surface area contributed by atoms with Gasteiger partial charge in [-0.05, 0) is 50.6 Å². The zero-order valence-electron chi connectivity index (χ0n) is 16.1. The van der Waals surface area contributed by atoms with Crippen LogP contribution in [0.5, 0.6) is 0 Å². The number of hydrogen-bond donors (Lipinski definition) is 1. The number of hydroxylamine groups is 2. The van der Waals surface area contributed by atoms with Gasteiger partial charge >= 0.3 is 5.97 Å². The summed E-state index contributed by atoms with van der Waals surface area (Å²) in [4.78, 5) is 42.1. The molecule has 8 nitrogen and oxygen atoms in total. The second-order valence-corrected chi connectivity index (χ2v) is 9.36. The molecule has 1 N–H and O–H groups in total. The number of hydrogen-bond acceptors (Lipinski definition) is 6. The third-order valence-electron chi connectivity index (χ3n) is 3.91. The van der Waals surface area contributed by atoms with Gasteiger partial charge in [0.05, 0.1) is 22.4 Å². The lowest BCUT2D eigenvalue weighted by Gasteiger charge is -2.20. The van der Waals surface area contributed by atoms with Crippen LogP contribution in [0.4, 0.5) is 0 Å². The summed E-state index contributed by atoms with van der Waals surface area (Å²) >= 11 is 0. The molecule has 1 heterocycles. The highest BCUT2D eigenvalue weighted by atomic mass is 32.2. The maximum Gasteiger partial charge on any atom is 0.363 e. The minimum Gasteiger partial charge on any atom is -0.324 e. The van der Waals surface area contributed by atoms with Crippen molar-refractivity contribution in [3.63, 3.8) is 0 Å². The fraction of sp³-hybridized carbons (Fsp3) is 0.250. The second kappa shape index (κ2) is 7.41. The van der Waals surface area contributed by atoms with E-state index in [4.69, 9.17) is 4.84 Å². The highest BCUT2D eigenvalue weighted by molar-refractivity contribution is 7.88. The van der Waals surface area contributed by atoms with E-state index < -0.39 is 33.3 Å². The van der Waals surface area contributed by atoms with Crippen LogP contribution in [0.2, 0.25) is 0 Å². The lowest BCUT2D eigenvalue weighted by atomic mass is 10.1. The number of imide groups is 1. The molecular formula is C20H20N2O6S. The van der Waals surface area contributed by atoms with Crippen molar-refractivity contribution in [2.75, 3.05) is 0 Å². The van der Waals surface area contributed by atoms with Crippen molar-refractivity contribution in [2.24, 2.45) is 0 Å². The average Bonchev–Trinajstić information content (AvgIpc) is 2.85. The van der Waals surface area contributed by atoms with E-state index in [1.54, 1.807) is 39.0 Å². The van der Waals surface area contributed by atoms with E-state index >= 15 is 0 Å². The van der Waals surface area contributed by atoms with Crippen molar-refractivity contribution in [3.8, 4) is 0 Å². The van der Waals surface area contributed by atoms with Gasteiger partial charge in [0.2, 0.25) is 10.0 Å². The Kier molecular flexibility index (Phi) is 5.29. The summed E-state index contributed by atoms with van der Waals surface area (Å²) in [6.07, 6.45) is 0. The zero-order valence-corrected chi connectivity index (χ0v) is 16.9. The number of nitrogens with one attached hydrogen (secondary N) is 1. The van der Waals surface area contributed by atoms with Gasteiger partial charge < -0.3 is 4.84 Å². The lowest BCUT2D eigenvalue weighted by molar-refractivity contribution is -0.0584. The van der Waals surface area contributed by atoms with Crippen LogP contribution >= 0.6 is 0 Å². The molecule has 152 valence electrons. The first-order valence-corrected chi connectivity index (χ1v) is 10.4. The standard InChI is InChI=1S/C20H20N2O6S/c1-20(2,3)21-29(26,27)12-13-7-6-8-14(11-13)19(25)28-22-17(23)15-9-4-5-10-16(15)18(22)24/h4-11,21H,12H2,1-3H3. The van der Waals surface area contributed by atoms with Crippen molar-refractivity contribution < 1.29 is 27.6 Å². The van der Waals surface area contributed by atoms with Crippen molar-refractivity contribution in [1.29, 1.82) is 0 Å². The van der Waals surface area contributed by atoms with Crippen molar-refractivity contribution in [1.82, 2.24) is 9.79 Å². The fourth-order valence-corrected chi connectivity index (χ4v) is 4.52. The molecule has 9 heteroatoms. The Bertz CT molecular complexity index is 1070. The summed E-state index contributed by atoms with van der Waals surface area (Å²) in [5, 5.41) is 0.414. The van der Waals surface area contributed by atoms with Crippen LogP contribution in [0, 0.1) is 0 Å². The van der Waals surface area contributed by atoms with Gasteiger partial charge in [0, 0.05) is 5.54 Å². The van der Waals surface area contributed by atoms with Gasteiger partial charge in [-0.15, -0.1) is 0 Å². The number of sulfonamides is 1. The first-order valence-electron chi connectivity index (χ1n) is 8.77. The number of amides is 2. The molecule has 29 heavy (non-hydrogen) atoms. The topological polar surface area (TPSA) is 110 Å². The zero-order chi connectivity index (χ0) is 21.4. The molecule has 2 aromatic carbocycles. The van der Waals surface area contributed by atoms with Gasteiger partial charge in [-0.1, -0.05) is 29.3 Å². The van der Waals surface area contributed by atoms with Crippen LogP contribution in [-0.2, 0) is 20.6 Å². The maximum atomic E-state index is 12.5. The van der Waals surface area contributed by atoms with Gasteiger partial charge in [-0.2, -0.15) is 0 Å². The predicted octanol–water partition coefficient (Wildman–Crippen LogP) is 2.27. The van der Waals surface area contributed by atoms with E-state index in [1.807, 2.05) is 0 Å². The van der Waals surface area contributed by atoms with E-state index in [2.05, 4.69) is 4.72 Å². The van der Waals surface area contributed by atoms with Gasteiger partial charge in [-0.25, -0.2) is 17.9 Å². The van der Waals surface area contributed by atoms with Crippen LogP contribution in [0.3, 0.4) is 0 Å². The van der Waals surface area contributed by atoms with E-state index in [1.165, 1.54) is 30.3 Å². The smallest absolute Gasteiger partial charge is 0.324 e. The summed E-state index contributed by atoms with van der Waals surface area (Å²) in [5.74, 6) is -2.74. The molecule has 2 aromatic rings. The van der Waals surface area contributed by atoms with Crippen LogP contribution in [-0.4, -0.2) is 36.8 Å². The Morgan fingerprint density at radius 1 is 1.00 bits per heavy atom. The summed E-state index contributed by atoms with van der Waals surface area (Å²) in [5.41, 5.74) is 0.0429. The summed E-state index contributed by atoms with van der Waals surface area (Å²) in [7, 11) is -3.63. The van der Waals surface area contributed by atoms with Gasteiger partial charge in [-0.3, -0.25) is 9.59 Å². The molecule has 0 fully saturated rings. The Balaban J connectivity index is 1.76. The normalized spacial score (nSPS) is 14.1. The molecule has 0 spiro atoms. The number of nitrogens with zero attached hydrogens (tertiary/aromatic N) is 1.